The van der Waals surface area contributed by atoms with Crippen LogP contribution >= 0.6 is 0 Å². The maximum absolute atomic E-state index is 11.5. The Morgan fingerprint density at radius 2 is 2.00 bits per heavy atom. The number of nitrogens with one attached hydrogen (secondary N) is 2. The first-order valence-corrected chi connectivity index (χ1v) is 5.28. The maximum atomic E-state index is 11.5. The van der Waals surface area contributed by atoms with Crippen LogP contribution < -0.4 is 10.6 Å². The summed E-state index contributed by atoms with van der Waals surface area (Å²) in [7, 11) is 0. The number of hydrogen-bond donors (Lipinski definition) is 3. The predicted molar refractivity (Wildman–Crippen MR) is 63.6 cm³/mol. The van der Waals surface area contributed by atoms with Gasteiger partial charge in [-0.1, -0.05) is 5.16 Å². The Balaban J connectivity index is 1.86. The Morgan fingerprint density at radius 3 is 2.58 bits per heavy atom. The molecule has 8 nitrogen and oxygen atoms in total. The lowest BCUT2D eigenvalue weighted by molar-refractivity contribution is 0.0697. The number of carboxylic acids is 1. The highest BCUT2D eigenvalue weighted by Gasteiger charge is 2.05. The molecule has 0 atom stereocenters. The molecule has 0 saturated carbocycles. The SMILES string of the molecule is O=C(NCc1ncon1)Nc1ccc(C(=O)O)cc1. The Morgan fingerprint density at radius 1 is 1.26 bits per heavy atom. The van der Waals surface area contributed by atoms with Crippen LogP contribution in [0.15, 0.2) is 35.2 Å². The zero-order valence-electron chi connectivity index (χ0n) is 9.66. The van der Waals surface area contributed by atoms with Crippen LogP contribution in [0.5, 0.6) is 0 Å². The van der Waals surface area contributed by atoms with Gasteiger partial charge in [-0.25, -0.2) is 9.59 Å². The van der Waals surface area contributed by atoms with E-state index in [0.717, 1.165) is 0 Å². The molecule has 1 aromatic carbocycles. The van der Waals surface area contributed by atoms with Crippen molar-refractivity contribution in [3.63, 3.8) is 0 Å². The van der Waals surface area contributed by atoms with E-state index in [9.17, 15) is 9.59 Å². The third-order valence-corrected chi connectivity index (χ3v) is 2.20. The highest BCUT2D eigenvalue weighted by atomic mass is 16.5. The summed E-state index contributed by atoms with van der Waals surface area (Å²) in [6.07, 6.45) is 1.17. The number of anilines is 1. The van der Waals surface area contributed by atoms with Gasteiger partial charge in [0.1, 0.15) is 0 Å². The third-order valence-electron chi connectivity index (χ3n) is 2.20. The number of carbonyl (C=O) groups is 2. The van der Waals surface area contributed by atoms with Crippen molar-refractivity contribution in [3.8, 4) is 0 Å². The van der Waals surface area contributed by atoms with Crippen LogP contribution in [0, 0.1) is 0 Å². The number of benzene rings is 1. The maximum Gasteiger partial charge on any atom is 0.335 e. The van der Waals surface area contributed by atoms with Gasteiger partial charge < -0.3 is 20.3 Å². The van der Waals surface area contributed by atoms with Gasteiger partial charge >= 0.3 is 12.0 Å². The Kier molecular flexibility index (Phi) is 3.72. The van der Waals surface area contributed by atoms with Crippen LogP contribution in [0.1, 0.15) is 16.2 Å². The molecule has 1 aromatic heterocycles. The lowest BCUT2D eigenvalue weighted by Gasteiger charge is -2.06. The van der Waals surface area contributed by atoms with E-state index in [4.69, 9.17) is 5.11 Å². The summed E-state index contributed by atoms with van der Waals surface area (Å²) in [6, 6.07) is 5.34. The van der Waals surface area contributed by atoms with E-state index >= 15 is 0 Å². The summed E-state index contributed by atoms with van der Waals surface area (Å²) in [5, 5.41) is 17.3. The molecule has 0 radical (unpaired) electrons. The van der Waals surface area contributed by atoms with Gasteiger partial charge in [-0.15, -0.1) is 0 Å². The minimum atomic E-state index is -1.02. The molecule has 0 bridgehead atoms. The van der Waals surface area contributed by atoms with Gasteiger partial charge in [0.25, 0.3) is 0 Å². The molecule has 98 valence electrons. The average molecular weight is 262 g/mol. The lowest BCUT2D eigenvalue weighted by Crippen LogP contribution is -2.28. The molecule has 8 heteroatoms. The monoisotopic (exact) mass is 262 g/mol. The van der Waals surface area contributed by atoms with Crippen LogP contribution in [0.3, 0.4) is 0 Å². The first-order valence-electron chi connectivity index (χ1n) is 5.28. The van der Waals surface area contributed by atoms with E-state index in [2.05, 4.69) is 25.3 Å². The molecule has 0 saturated heterocycles. The van der Waals surface area contributed by atoms with Crippen molar-refractivity contribution in [2.75, 3.05) is 5.32 Å². The molecule has 0 aliphatic heterocycles. The highest BCUT2D eigenvalue weighted by molar-refractivity contribution is 5.91. The second-order valence-electron chi connectivity index (χ2n) is 3.54. The molecule has 0 fully saturated rings. The van der Waals surface area contributed by atoms with Crippen molar-refractivity contribution in [3.05, 3.63) is 42.0 Å². The fourth-order valence-corrected chi connectivity index (χ4v) is 1.30. The van der Waals surface area contributed by atoms with Crippen molar-refractivity contribution in [2.45, 2.75) is 6.54 Å². The second kappa shape index (κ2) is 5.63. The smallest absolute Gasteiger partial charge is 0.335 e. The predicted octanol–water partition coefficient (Wildman–Crippen LogP) is 1.09. The molecule has 0 spiro atoms. The number of hydrogen-bond acceptors (Lipinski definition) is 5. The Hall–Kier alpha value is -2.90. The minimum absolute atomic E-state index is 0.134. The van der Waals surface area contributed by atoms with E-state index in [0.29, 0.717) is 11.5 Å². The molecule has 0 aliphatic carbocycles. The average Bonchev–Trinajstić information content (AvgIpc) is 2.90. The number of urea groups is 1. The molecule has 3 N–H and O–H groups in total. The van der Waals surface area contributed by atoms with Gasteiger partial charge in [0.05, 0.1) is 12.1 Å². The van der Waals surface area contributed by atoms with Gasteiger partial charge in [0.15, 0.2) is 5.82 Å². The van der Waals surface area contributed by atoms with E-state index in [-0.39, 0.29) is 12.1 Å². The van der Waals surface area contributed by atoms with Gasteiger partial charge in [0, 0.05) is 5.69 Å². The van der Waals surface area contributed by atoms with E-state index < -0.39 is 12.0 Å². The van der Waals surface area contributed by atoms with Crippen LogP contribution in [0.2, 0.25) is 0 Å². The van der Waals surface area contributed by atoms with Crippen molar-refractivity contribution in [1.29, 1.82) is 0 Å². The lowest BCUT2D eigenvalue weighted by atomic mass is 10.2. The van der Waals surface area contributed by atoms with Crippen molar-refractivity contribution >= 4 is 17.7 Å². The van der Waals surface area contributed by atoms with E-state index in [1.807, 2.05) is 0 Å². The van der Waals surface area contributed by atoms with Crippen molar-refractivity contribution in [2.24, 2.45) is 0 Å². The minimum Gasteiger partial charge on any atom is -0.478 e. The largest absolute Gasteiger partial charge is 0.478 e. The third kappa shape index (κ3) is 3.53. The number of aromatic nitrogens is 2. The first kappa shape index (κ1) is 12.6. The molecule has 1 heterocycles. The van der Waals surface area contributed by atoms with Crippen molar-refractivity contribution < 1.29 is 19.2 Å². The van der Waals surface area contributed by atoms with Crippen LogP contribution in [0.25, 0.3) is 0 Å². The zero-order valence-corrected chi connectivity index (χ0v) is 9.66. The molecule has 0 unspecified atom stereocenters. The number of rotatable bonds is 4. The molecule has 0 aliphatic rings. The molecule has 2 amide bonds. The summed E-state index contributed by atoms with van der Waals surface area (Å²) in [6.45, 7) is 0.134. The number of carbonyl (C=O) groups excluding carboxylic acids is 1. The fourth-order valence-electron chi connectivity index (χ4n) is 1.30. The quantitative estimate of drug-likeness (QED) is 0.759. The topological polar surface area (TPSA) is 117 Å². The van der Waals surface area contributed by atoms with Gasteiger partial charge in [-0.3, -0.25) is 0 Å². The molecule has 19 heavy (non-hydrogen) atoms. The van der Waals surface area contributed by atoms with Gasteiger partial charge in [-0.2, -0.15) is 4.98 Å². The molecular formula is C11H10N4O4. The molecule has 2 aromatic rings. The van der Waals surface area contributed by atoms with Gasteiger partial charge in [-0.05, 0) is 24.3 Å². The standard InChI is InChI=1S/C11H10N4O4/c16-10(17)7-1-3-8(4-2-7)14-11(18)12-5-9-13-6-19-15-9/h1-4,6H,5H2,(H,16,17)(H2,12,14,18). The van der Waals surface area contributed by atoms with Gasteiger partial charge in [0.2, 0.25) is 6.39 Å². The number of nitrogens with zero attached hydrogens (tertiary/aromatic N) is 2. The van der Waals surface area contributed by atoms with E-state index in [1.54, 1.807) is 0 Å². The normalized spacial score (nSPS) is 9.89. The first-order chi connectivity index (χ1) is 9.15. The number of amides is 2. The zero-order chi connectivity index (χ0) is 13.7. The summed E-state index contributed by atoms with van der Waals surface area (Å²) in [4.78, 5) is 25.9. The summed E-state index contributed by atoms with van der Waals surface area (Å²) in [5.74, 6) is -0.663. The number of aromatic carboxylic acids is 1. The second-order valence-corrected chi connectivity index (χ2v) is 3.54. The molecule has 2 rings (SSSR count). The highest BCUT2D eigenvalue weighted by Crippen LogP contribution is 2.09. The van der Waals surface area contributed by atoms with Crippen LogP contribution in [0.4, 0.5) is 10.5 Å². The van der Waals surface area contributed by atoms with E-state index in [1.165, 1.54) is 30.7 Å². The van der Waals surface area contributed by atoms with Crippen molar-refractivity contribution in [1.82, 2.24) is 15.5 Å². The summed E-state index contributed by atoms with van der Waals surface area (Å²) >= 11 is 0. The summed E-state index contributed by atoms with van der Waals surface area (Å²) in [5.41, 5.74) is 0.633. The summed E-state index contributed by atoms with van der Waals surface area (Å²) < 4.78 is 4.51. The Labute approximate surface area is 107 Å². The van der Waals surface area contributed by atoms with Crippen LogP contribution in [-0.4, -0.2) is 27.2 Å². The Bertz CT molecular complexity index is 565. The fraction of sp³-hybridized carbons (Fsp3) is 0.0909. The van der Waals surface area contributed by atoms with Crippen LogP contribution in [-0.2, 0) is 6.54 Å². The number of carboxylic acid groups (broad SMARTS) is 1. The molecular weight excluding hydrogens is 252 g/mol.